The van der Waals surface area contributed by atoms with Gasteiger partial charge in [-0.05, 0) is 289 Å². The number of hydrogen-bond donors (Lipinski definition) is 0. The van der Waals surface area contributed by atoms with Gasteiger partial charge in [0, 0.05) is 0 Å². The fourth-order valence-corrected chi connectivity index (χ4v) is 21.2. The molecule has 0 aromatic heterocycles. The summed E-state index contributed by atoms with van der Waals surface area (Å²) in [5.41, 5.74) is 29.7. The molecule has 0 heteroatoms. The van der Waals surface area contributed by atoms with Crippen LogP contribution in [0.4, 0.5) is 0 Å². The first kappa shape index (κ1) is 85.8. The molecule has 25 aromatic carbocycles. The van der Waals surface area contributed by atoms with E-state index in [-0.39, 0.29) is 10.8 Å². The van der Waals surface area contributed by atoms with Crippen LogP contribution in [-0.4, -0.2) is 0 Å². The van der Waals surface area contributed by atoms with E-state index in [9.17, 15) is 0 Å². The van der Waals surface area contributed by atoms with Crippen LogP contribution in [0.2, 0.25) is 0 Å². The van der Waals surface area contributed by atoms with Gasteiger partial charge in [-0.25, -0.2) is 0 Å². The van der Waals surface area contributed by atoms with Crippen LogP contribution in [0.3, 0.4) is 0 Å². The van der Waals surface area contributed by atoms with Crippen LogP contribution < -0.4 is 0 Å². The van der Waals surface area contributed by atoms with Crippen LogP contribution in [0.1, 0.15) is 58.2 Å². The maximum Gasteiger partial charge on any atom is -0.00260 e. The fraction of sp³-hybridized carbons (Fsp3) is 0.0657. The average Bonchev–Trinajstić information content (AvgIpc) is 0.738. The smallest absolute Gasteiger partial charge is 0.00260 e. The van der Waals surface area contributed by atoms with E-state index in [1.165, 1.54) is 246 Å². The summed E-state index contributed by atoms with van der Waals surface area (Å²) in [6.07, 6.45) is 0. The highest BCUT2D eigenvalue weighted by molar-refractivity contribution is 6.27. The van der Waals surface area contributed by atoms with Crippen LogP contribution >= 0.6 is 0 Å². The van der Waals surface area contributed by atoms with Crippen LogP contribution in [0, 0.1) is 6.92 Å². The molecule has 0 radical (unpaired) electrons. The van der Waals surface area contributed by atoms with Gasteiger partial charge in [0.05, 0.1) is 0 Å². The molecule has 0 N–H and O–H groups in total. The van der Waals surface area contributed by atoms with Crippen molar-refractivity contribution < 1.29 is 0 Å². The Morgan fingerprint density at radius 1 is 0.124 bits per heavy atom. The van der Waals surface area contributed by atoms with Crippen molar-refractivity contribution in [2.75, 3.05) is 0 Å². The summed E-state index contributed by atoms with van der Waals surface area (Å²) in [4.78, 5) is 0. The van der Waals surface area contributed by atoms with E-state index < -0.39 is 0 Å². The second-order valence-electron chi connectivity index (χ2n) is 38.4. The predicted octanol–water partition coefficient (Wildman–Crippen LogP) is 39.0. The molecule has 0 atom stereocenters. The number of rotatable bonds is 10. The van der Waals surface area contributed by atoms with Gasteiger partial charge in [0.2, 0.25) is 0 Å². The van der Waals surface area contributed by atoms with Gasteiger partial charge < -0.3 is 0 Å². The number of benzene rings is 25. The van der Waals surface area contributed by atoms with Gasteiger partial charge in [-0.1, -0.05) is 520 Å². The van der Waals surface area contributed by atoms with Crippen molar-refractivity contribution in [3.63, 3.8) is 0 Å². The first-order valence-corrected chi connectivity index (χ1v) is 48.0. The number of fused-ring (bicyclic) bond motifs is 11. The minimum absolute atomic E-state index is 0.0591. The van der Waals surface area contributed by atoms with Gasteiger partial charge in [0.1, 0.15) is 0 Å². The zero-order chi connectivity index (χ0) is 92.7. The van der Waals surface area contributed by atoms with Crippen molar-refractivity contribution in [3.8, 4) is 111 Å². The summed E-state index contributed by atoms with van der Waals surface area (Å²) in [5, 5.41) is 28.4. The molecule has 0 aliphatic carbocycles. The van der Waals surface area contributed by atoms with Gasteiger partial charge in [-0.15, -0.1) is 0 Å². The molecule has 0 aliphatic heterocycles. The molecule has 0 nitrogen and oxygen atoms in total. The summed E-state index contributed by atoms with van der Waals surface area (Å²) >= 11 is 0. The Bertz CT molecular complexity index is 8850. The van der Waals surface area contributed by atoms with Crippen molar-refractivity contribution in [2.24, 2.45) is 0 Å². The van der Waals surface area contributed by atoms with Crippen molar-refractivity contribution in [3.05, 3.63) is 520 Å². The summed E-state index contributed by atoms with van der Waals surface area (Å²) in [6.45, 7) is 15.9. The minimum Gasteiger partial charge on any atom is -0.0622 e. The van der Waals surface area contributed by atoms with Crippen molar-refractivity contribution in [2.45, 2.75) is 59.3 Å². The molecule has 0 amide bonds. The Morgan fingerprint density at radius 2 is 0.336 bits per heavy atom. The van der Waals surface area contributed by atoms with Gasteiger partial charge in [-0.2, -0.15) is 0 Å². The van der Waals surface area contributed by atoms with Gasteiger partial charge in [0.15, 0.2) is 0 Å². The first-order valence-electron chi connectivity index (χ1n) is 48.0. The Balaban J connectivity index is 0.000000107. The van der Waals surface area contributed by atoms with E-state index in [1.807, 2.05) is 0 Å². The third-order valence-corrected chi connectivity index (χ3v) is 27.8. The predicted molar refractivity (Wildman–Crippen MR) is 595 cm³/mol. The molecule has 0 unspecified atom stereocenters. The third-order valence-electron chi connectivity index (χ3n) is 27.8. The van der Waals surface area contributed by atoms with E-state index in [1.54, 1.807) is 0 Å². The van der Waals surface area contributed by atoms with Gasteiger partial charge in [-0.3, -0.25) is 0 Å². The van der Waals surface area contributed by atoms with Crippen LogP contribution in [-0.2, 0) is 10.8 Å². The first-order chi connectivity index (χ1) is 67.2. The largest absolute Gasteiger partial charge is 0.0622 e. The minimum atomic E-state index is 0.0591. The summed E-state index contributed by atoms with van der Waals surface area (Å²) in [7, 11) is 0. The highest BCUT2D eigenvalue weighted by Crippen LogP contribution is 2.52. The lowest BCUT2D eigenvalue weighted by atomic mass is 9.81. The molecule has 0 saturated carbocycles. The van der Waals surface area contributed by atoms with Crippen LogP contribution in [0.5, 0.6) is 0 Å². The molecule has 0 spiro atoms. The molecular weight excluding hydrogens is 1650 g/mol. The van der Waals surface area contributed by atoms with Crippen molar-refractivity contribution >= 4 is 118 Å². The monoisotopic (exact) mass is 1750 g/mol. The molecule has 0 aliphatic rings. The van der Waals surface area contributed by atoms with Crippen LogP contribution in [0.25, 0.3) is 230 Å². The molecule has 137 heavy (non-hydrogen) atoms. The Hall–Kier alpha value is -16.6. The number of aryl methyl sites for hydroxylation is 1. The van der Waals surface area contributed by atoms with E-state index >= 15 is 0 Å². The molecule has 0 heterocycles. The third kappa shape index (κ3) is 16.5. The van der Waals surface area contributed by atoms with E-state index in [2.05, 4.69) is 552 Å². The van der Waals surface area contributed by atoms with Crippen molar-refractivity contribution in [1.82, 2.24) is 0 Å². The summed E-state index contributed by atoms with van der Waals surface area (Å²) in [5.74, 6) is 0. The normalized spacial score (nSPS) is 11.6. The second kappa shape index (κ2) is 36.7. The lowest BCUT2D eigenvalue weighted by molar-refractivity contribution is 0.591. The average molecular weight is 1750 g/mol. The Morgan fingerprint density at radius 3 is 0.650 bits per heavy atom. The summed E-state index contributed by atoms with van der Waals surface area (Å²) in [6, 6.07) is 183. The Kier molecular flexibility index (Phi) is 23.0. The highest BCUT2D eigenvalue weighted by Gasteiger charge is 2.26. The van der Waals surface area contributed by atoms with E-state index in [0.717, 1.165) is 0 Å². The maximum absolute atomic E-state index is 2.44. The number of hydrogen-bond acceptors (Lipinski definition) is 0. The molecule has 25 rings (SSSR count). The summed E-state index contributed by atoms with van der Waals surface area (Å²) < 4.78 is 0. The molecule has 652 valence electrons. The Labute approximate surface area is 803 Å². The SMILES string of the molecule is CC(C)(C)c1ccc2c(-c3ccc4ccccc4c3)c3ccccc3c(-c3ccc4ccccc4c3)c2c1.CC(C)(C)c1ccc2c(-c3ccccc3)c3ccccc3c(-c3ccccc3)c2c1.Cc1ccc2c(-c3ccccc3)c3ccccc3c(-c3ccccc3)c2c1.c1ccc(-c2ccc(-c3ccc4c(-c5ccccc5)c5ccccc5c(-c5ccccc5)c4c3)c3ccccc23)cc1. The lowest BCUT2D eigenvalue weighted by Gasteiger charge is -2.23. The second-order valence-corrected chi connectivity index (χ2v) is 38.4. The topological polar surface area (TPSA) is 0 Å². The zero-order valence-electron chi connectivity index (χ0n) is 78.4. The molecule has 0 bridgehead atoms. The van der Waals surface area contributed by atoms with Gasteiger partial charge >= 0.3 is 0 Å². The standard InChI is InChI=1S/C42H28.C38H30.C30H26.C27H20/c1-4-14-29(15-5-1)33-26-27-34(36-21-11-10-20-35(33)36)32-24-25-39-40(28-32)42(31-18-8-3-9-19-31)38-23-13-12-22-37(38)41(39)30-16-6-2-7-17-30;1-38(2,3)31-20-21-34-35(24-31)37(30-19-17-26-11-5-7-13-28(26)23-30)33-15-9-8-14-32(33)36(34)29-18-16-25-10-4-6-12-27(25)22-29;1-30(2,3)23-18-19-26-27(20-23)29(22-14-8-5-9-15-22)25-17-11-10-16-24(25)28(26)21-12-6-4-7-13-21;1-19-16-17-24-25(18-19)27(21-12-6-3-7-13-21)23-15-9-8-14-22(23)26(24)20-10-4-2-5-11-20/h1-28H;4-24H,1-3H3;4-20H,1-3H3;2-18H,1H3. The van der Waals surface area contributed by atoms with E-state index in [0.29, 0.717) is 0 Å². The van der Waals surface area contributed by atoms with Gasteiger partial charge in [0.25, 0.3) is 0 Å². The molecular formula is C137H104. The fourth-order valence-electron chi connectivity index (χ4n) is 21.2. The van der Waals surface area contributed by atoms with Crippen LogP contribution in [0.15, 0.2) is 504 Å². The molecule has 0 saturated heterocycles. The molecule has 0 fully saturated rings. The highest BCUT2D eigenvalue weighted by atomic mass is 14.3. The lowest BCUT2D eigenvalue weighted by Crippen LogP contribution is -2.10. The van der Waals surface area contributed by atoms with E-state index in [4.69, 9.17) is 0 Å². The quantitative estimate of drug-likeness (QED) is 0.120. The molecule has 25 aromatic rings. The maximum atomic E-state index is 2.44. The zero-order valence-corrected chi connectivity index (χ0v) is 78.4. The van der Waals surface area contributed by atoms with Crippen molar-refractivity contribution in [1.29, 1.82) is 0 Å².